The molecule has 0 saturated heterocycles. The molecule has 3 nitrogen and oxygen atoms in total. The maximum absolute atomic E-state index is 11.4. The third kappa shape index (κ3) is 1.73. The van der Waals surface area contributed by atoms with Crippen LogP contribution in [0.2, 0.25) is 0 Å². The summed E-state index contributed by atoms with van der Waals surface area (Å²) >= 11 is 0. The van der Waals surface area contributed by atoms with Crippen LogP contribution in [0.5, 0.6) is 0 Å². The van der Waals surface area contributed by atoms with Crippen LogP contribution in [-0.4, -0.2) is 15.8 Å². The summed E-state index contributed by atoms with van der Waals surface area (Å²) < 4.78 is 0. The smallest absolute Gasteiger partial charge is 0.180 e. The zero-order valence-electron chi connectivity index (χ0n) is 8.82. The van der Waals surface area contributed by atoms with Gasteiger partial charge in [-0.1, -0.05) is 19.1 Å². The molecule has 3 heteroatoms. The number of aromatic nitrogens is 2. The Labute approximate surface area is 88.2 Å². The predicted octanol–water partition coefficient (Wildman–Crippen LogP) is 2.39. The first-order valence-corrected chi connectivity index (χ1v) is 4.99. The average molecular weight is 200 g/mol. The number of rotatable bonds is 2. The molecule has 0 aliphatic rings. The number of fused-ring (bicyclic) bond motifs is 1. The number of hydrogen-bond donors (Lipinski definition) is 0. The summed E-state index contributed by atoms with van der Waals surface area (Å²) in [4.78, 5) is 20.1. The van der Waals surface area contributed by atoms with Gasteiger partial charge in [-0.05, 0) is 18.6 Å². The van der Waals surface area contributed by atoms with E-state index < -0.39 is 0 Å². The van der Waals surface area contributed by atoms with Crippen LogP contribution in [-0.2, 0) is 6.42 Å². The van der Waals surface area contributed by atoms with Gasteiger partial charge in [0.1, 0.15) is 5.69 Å². The number of Topliss-reactive ketones (excluding diaryl/α,β-unsaturated/α-hetero) is 1. The van der Waals surface area contributed by atoms with Gasteiger partial charge in [0.25, 0.3) is 0 Å². The van der Waals surface area contributed by atoms with Gasteiger partial charge in [-0.25, -0.2) is 9.97 Å². The molecular weight excluding hydrogens is 188 g/mol. The molecule has 0 amide bonds. The second kappa shape index (κ2) is 3.77. The lowest BCUT2D eigenvalue weighted by Crippen LogP contribution is -2.05. The fourth-order valence-electron chi connectivity index (χ4n) is 1.56. The molecule has 0 aliphatic heterocycles. The van der Waals surface area contributed by atoms with E-state index in [-0.39, 0.29) is 5.78 Å². The zero-order valence-corrected chi connectivity index (χ0v) is 8.82. The highest BCUT2D eigenvalue weighted by molar-refractivity contribution is 5.95. The highest BCUT2D eigenvalue weighted by Crippen LogP contribution is 2.13. The number of aryl methyl sites for hydroxylation is 1. The van der Waals surface area contributed by atoms with E-state index in [1.807, 2.05) is 31.2 Å². The quantitative estimate of drug-likeness (QED) is 0.699. The monoisotopic (exact) mass is 200 g/mol. The minimum atomic E-state index is -0.0231. The van der Waals surface area contributed by atoms with E-state index in [0.29, 0.717) is 5.69 Å². The van der Waals surface area contributed by atoms with E-state index in [1.165, 1.54) is 6.92 Å². The minimum absolute atomic E-state index is 0.0231. The summed E-state index contributed by atoms with van der Waals surface area (Å²) in [5, 5.41) is 0. The molecule has 0 fully saturated rings. The van der Waals surface area contributed by atoms with E-state index in [4.69, 9.17) is 0 Å². The Morgan fingerprint density at radius 3 is 2.33 bits per heavy atom. The van der Waals surface area contributed by atoms with Gasteiger partial charge in [-0.15, -0.1) is 0 Å². The molecule has 0 unspecified atom stereocenters. The van der Waals surface area contributed by atoms with Crippen molar-refractivity contribution in [3.63, 3.8) is 0 Å². The molecule has 0 N–H and O–H groups in total. The topological polar surface area (TPSA) is 42.9 Å². The minimum Gasteiger partial charge on any atom is -0.293 e. The van der Waals surface area contributed by atoms with Crippen molar-refractivity contribution in [3.05, 3.63) is 35.7 Å². The lowest BCUT2D eigenvalue weighted by Gasteiger charge is -2.04. The van der Waals surface area contributed by atoms with Crippen LogP contribution < -0.4 is 0 Å². The molecule has 1 aromatic carbocycles. The van der Waals surface area contributed by atoms with Crippen LogP contribution in [0.3, 0.4) is 0 Å². The van der Waals surface area contributed by atoms with Crippen molar-refractivity contribution >= 4 is 16.8 Å². The van der Waals surface area contributed by atoms with Crippen LogP contribution in [0, 0.1) is 0 Å². The highest BCUT2D eigenvalue weighted by Gasteiger charge is 2.10. The third-order valence-corrected chi connectivity index (χ3v) is 2.31. The first-order valence-electron chi connectivity index (χ1n) is 4.99. The Hall–Kier alpha value is -1.77. The SMILES string of the molecule is CCc1nc2ccccc2nc1C(C)=O. The van der Waals surface area contributed by atoms with E-state index >= 15 is 0 Å². The fourth-order valence-corrected chi connectivity index (χ4v) is 1.56. The molecule has 1 heterocycles. The highest BCUT2D eigenvalue weighted by atomic mass is 16.1. The Kier molecular flexibility index (Phi) is 2.46. The van der Waals surface area contributed by atoms with Crippen molar-refractivity contribution in [1.29, 1.82) is 0 Å². The maximum Gasteiger partial charge on any atom is 0.180 e. The van der Waals surface area contributed by atoms with Crippen molar-refractivity contribution in [2.45, 2.75) is 20.3 Å². The summed E-state index contributed by atoms with van der Waals surface area (Å²) in [5.41, 5.74) is 2.90. The first kappa shape index (κ1) is 9.77. The van der Waals surface area contributed by atoms with Gasteiger partial charge in [0.15, 0.2) is 5.78 Å². The number of ketones is 1. The molecule has 0 aliphatic carbocycles. The summed E-state index contributed by atoms with van der Waals surface area (Å²) in [6.07, 6.45) is 0.729. The van der Waals surface area contributed by atoms with Gasteiger partial charge in [-0.2, -0.15) is 0 Å². The zero-order chi connectivity index (χ0) is 10.8. The Morgan fingerprint density at radius 1 is 1.20 bits per heavy atom. The molecule has 2 rings (SSSR count). The lowest BCUT2D eigenvalue weighted by atomic mass is 10.2. The summed E-state index contributed by atoms with van der Waals surface area (Å²) in [6, 6.07) is 7.59. The molecule has 76 valence electrons. The van der Waals surface area contributed by atoms with Gasteiger partial charge < -0.3 is 0 Å². The average Bonchev–Trinajstić information content (AvgIpc) is 2.27. The molecule has 1 aromatic heterocycles. The first-order chi connectivity index (χ1) is 7.22. The molecule has 0 bridgehead atoms. The van der Waals surface area contributed by atoms with Crippen molar-refractivity contribution in [2.75, 3.05) is 0 Å². The summed E-state index contributed by atoms with van der Waals surface area (Å²) in [5.74, 6) is -0.0231. The van der Waals surface area contributed by atoms with Crippen LogP contribution in [0.25, 0.3) is 11.0 Å². The number of carbonyl (C=O) groups is 1. The molecule has 0 saturated carbocycles. The number of nitrogens with zero attached hydrogens (tertiary/aromatic N) is 2. The molecule has 15 heavy (non-hydrogen) atoms. The number of para-hydroxylation sites is 2. The van der Waals surface area contributed by atoms with Gasteiger partial charge in [-0.3, -0.25) is 4.79 Å². The van der Waals surface area contributed by atoms with Crippen molar-refractivity contribution < 1.29 is 4.79 Å². The van der Waals surface area contributed by atoms with Crippen molar-refractivity contribution in [3.8, 4) is 0 Å². The lowest BCUT2D eigenvalue weighted by molar-refractivity contribution is 0.101. The maximum atomic E-state index is 11.4. The molecular formula is C12H12N2O. The standard InChI is InChI=1S/C12H12N2O/c1-3-9-12(8(2)15)14-11-7-5-4-6-10(11)13-9/h4-7H,3H2,1-2H3. The molecule has 0 spiro atoms. The molecule has 0 radical (unpaired) electrons. The van der Waals surface area contributed by atoms with E-state index in [9.17, 15) is 4.79 Å². The van der Waals surface area contributed by atoms with Crippen LogP contribution in [0.15, 0.2) is 24.3 Å². The van der Waals surface area contributed by atoms with Crippen molar-refractivity contribution in [1.82, 2.24) is 9.97 Å². The van der Waals surface area contributed by atoms with E-state index in [2.05, 4.69) is 9.97 Å². The number of benzene rings is 1. The van der Waals surface area contributed by atoms with Crippen LogP contribution >= 0.6 is 0 Å². The van der Waals surface area contributed by atoms with E-state index in [0.717, 1.165) is 23.1 Å². The number of carbonyl (C=O) groups excluding carboxylic acids is 1. The second-order valence-corrected chi connectivity index (χ2v) is 3.42. The molecule has 2 aromatic rings. The Bertz CT molecular complexity index is 520. The number of hydrogen-bond acceptors (Lipinski definition) is 3. The Balaban J connectivity index is 2.74. The predicted molar refractivity (Wildman–Crippen MR) is 58.9 cm³/mol. The van der Waals surface area contributed by atoms with E-state index in [1.54, 1.807) is 0 Å². The van der Waals surface area contributed by atoms with Crippen LogP contribution in [0.4, 0.5) is 0 Å². The summed E-state index contributed by atoms with van der Waals surface area (Å²) in [7, 11) is 0. The van der Waals surface area contributed by atoms with Gasteiger partial charge in [0.05, 0.1) is 16.7 Å². The normalized spacial score (nSPS) is 10.5. The summed E-state index contributed by atoms with van der Waals surface area (Å²) in [6.45, 7) is 3.50. The van der Waals surface area contributed by atoms with Crippen LogP contribution in [0.1, 0.15) is 30.0 Å². The Morgan fingerprint density at radius 2 is 1.80 bits per heavy atom. The van der Waals surface area contributed by atoms with Crippen molar-refractivity contribution in [2.24, 2.45) is 0 Å². The fraction of sp³-hybridized carbons (Fsp3) is 0.250. The molecule has 0 atom stereocenters. The van der Waals surface area contributed by atoms with Gasteiger partial charge in [0.2, 0.25) is 0 Å². The largest absolute Gasteiger partial charge is 0.293 e. The third-order valence-electron chi connectivity index (χ3n) is 2.31. The van der Waals surface area contributed by atoms with Gasteiger partial charge in [0, 0.05) is 6.92 Å². The second-order valence-electron chi connectivity index (χ2n) is 3.42. The van der Waals surface area contributed by atoms with Gasteiger partial charge >= 0.3 is 0 Å².